The fraction of sp³-hybridized carbons (Fsp3) is 0.917. The van der Waals surface area contributed by atoms with Gasteiger partial charge in [-0.05, 0) is 25.2 Å². The second-order valence-electron chi connectivity index (χ2n) is 4.83. The Bertz CT molecular complexity index is 212. The van der Waals surface area contributed by atoms with Gasteiger partial charge < -0.3 is 10.6 Å². The van der Waals surface area contributed by atoms with Crippen molar-refractivity contribution in [1.29, 1.82) is 0 Å². The third-order valence-electron chi connectivity index (χ3n) is 3.48. The maximum atomic E-state index is 12.2. The Labute approximate surface area is 93.0 Å². The van der Waals surface area contributed by atoms with Crippen LogP contribution in [0.3, 0.4) is 0 Å². The SMILES string of the molecule is CCC(CN)C(=O)N1CCCC1C(C)C. The molecular weight excluding hydrogens is 188 g/mol. The molecule has 0 radical (unpaired) electrons. The first-order valence-corrected chi connectivity index (χ1v) is 6.12. The predicted octanol–water partition coefficient (Wildman–Crippen LogP) is 1.62. The van der Waals surface area contributed by atoms with E-state index in [1.165, 1.54) is 0 Å². The Morgan fingerprint density at radius 2 is 2.20 bits per heavy atom. The average molecular weight is 212 g/mol. The van der Waals surface area contributed by atoms with E-state index in [0.29, 0.717) is 18.5 Å². The molecule has 2 N–H and O–H groups in total. The number of likely N-dealkylation sites (tertiary alicyclic amines) is 1. The fourth-order valence-corrected chi connectivity index (χ4v) is 2.44. The molecule has 1 aliphatic rings. The van der Waals surface area contributed by atoms with Crippen LogP contribution in [-0.4, -0.2) is 29.9 Å². The van der Waals surface area contributed by atoms with Gasteiger partial charge in [0.2, 0.25) is 5.91 Å². The van der Waals surface area contributed by atoms with Gasteiger partial charge in [0.15, 0.2) is 0 Å². The highest BCUT2D eigenvalue weighted by Crippen LogP contribution is 2.25. The van der Waals surface area contributed by atoms with Crippen LogP contribution in [0.1, 0.15) is 40.0 Å². The van der Waals surface area contributed by atoms with Crippen LogP contribution in [0.25, 0.3) is 0 Å². The predicted molar refractivity (Wildman–Crippen MR) is 62.4 cm³/mol. The van der Waals surface area contributed by atoms with E-state index in [2.05, 4.69) is 18.7 Å². The number of carbonyl (C=O) groups is 1. The zero-order valence-corrected chi connectivity index (χ0v) is 10.2. The lowest BCUT2D eigenvalue weighted by Crippen LogP contribution is -2.43. The molecule has 3 heteroatoms. The second kappa shape index (κ2) is 5.50. The van der Waals surface area contributed by atoms with Gasteiger partial charge in [0.25, 0.3) is 0 Å². The first-order valence-electron chi connectivity index (χ1n) is 6.12. The molecule has 0 aromatic rings. The van der Waals surface area contributed by atoms with Crippen LogP contribution >= 0.6 is 0 Å². The van der Waals surface area contributed by atoms with E-state index >= 15 is 0 Å². The lowest BCUT2D eigenvalue weighted by atomic mass is 9.99. The molecule has 0 bridgehead atoms. The first kappa shape index (κ1) is 12.5. The smallest absolute Gasteiger partial charge is 0.227 e. The number of hydrogen-bond donors (Lipinski definition) is 1. The maximum Gasteiger partial charge on any atom is 0.227 e. The molecule has 88 valence electrons. The van der Waals surface area contributed by atoms with E-state index in [1.54, 1.807) is 0 Å². The quantitative estimate of drug-likeness (QED) is 0.769. The Kier molecular flexibility index (Phi) is 4.58. The summed E-state index contributed by atoms with van der Waals surface area (Å²) in [6.07, 6.45) is 3.16. The largest absolute Gasteiger partial charge is 0.339 e. The number of amides is 1. The van der Waals surface area contributed by atoms with Gasteiger partial charge in [0.05, 0.1) is 5.92 Å². The van der Waals surface area contributed by atoms with E-state index in [4.69, 9.17) is 5.73 Å². The minimum Gasteiger partial charge on any atom is -0.339 e. The summed E-state index contributed by atoms with van der Waals surface area (Å²) in [5, 5.41) is 0. The van der Waals surface area contributed by atoms with Gasteiger partial charge in [-0.3, -0.25) is 4.79 Å². The third-order valence-corrected chi connectivity index (χ3v) is 3.48. The van der Waals surface area contributed by atoms with E-state index < -0.39 is 0 Å². The van der Waals surface area contributed by atoms with Crippen molar-refractivity contribution in [3.8, 4) is 0 Å². The summed E-state index contributed by atoms with van der Waals surface area (Å²) in [5.41, 5.74) is 5.63. The van der Waals surface area contributed by atoms with Crippen molar-refractivity contribution in [1.82, 2.24) is 4.90 Å². The van der Waals surface area contributed by atoms with Crippen molar-refractivity contribution in [2.45, 2.75) is 46.1 Å². The minimum absolute atomic E-state index is 0.0318. The van der Waals surface area contributed by atoms with E-state index in [-0.39, 0.29) is 11.8 Å². The van der Waals surface area contributed by atoms with Crippen LogP contribution in [0.5, 0.6) is 0 Å². The molecule has 1 amide bonds. The number of nitrogens with zero attached hydrogens (tertiary/aromatic N) is 1. The van der Waals surface area contributed by atoms with Crippen LogP contribution in [0, 0.1) is 11.8 Å². The van der Waals surface area contributed by atoms with Crippen molar-refractivity contribution in [2.24, 2.45) is 17.6 Å². The molecule has 1 heterocycles. The normalized spacial score (nSPS) is 23.5. The molecule has 1 fully saturated rings. The van der Waals surface area contributed by atoms with Crippen molar-refractivity contribution < 1.29 is 4.79 Å². The molecule has 0 aromatic carbocycles. The lowest BCUT2D eigenvalue weighted by molar-refractivity contribution is -0.136. The van der Waals surface area contributed by atoms with Gasteiger partial charge in [-0.15, -0.1) is 0 Å². The number of nitrogens with two attached hydrogens (primary N) is 1. The molecule has 1 rings (SSSR count). The van der Waals surface area contributed by atoms with Crippen molar-refractivity contribution in [3.05, 3.63) is 0 Å². The minimum atomic E-state index is 0.0318. The molecule has 0 aromatic heterocycles. The van der Waals surface area contributed by atoms with Gasteiger partial charge in [-0.25, -0.2) is 0 Å². The summed E-state index contributed by atoms with van der Waals surface area (Å²) in [4.78, 5) is 14.2. The van der Waals surface area contributed by atoms with Crippen molar-refractivity contribution >= 4 is 5.91 Å². The lowest BCUT2D eigenvalue weighted by Gasteiger charge is -2.30. The molecule has 2 atom stereocenters. The van der Waals surface area contributed by atoms with Crippen LogP contribution in [0.15, 0.2) is 0 Å². The summed E-state index contributed by atoms with van der Waals surface area (Å²) >= 11 is 0. The molecule has 0 saturated carbocycles. The molecule has 15 heavy (non-hydrogen) atoms. The third kappa shape index (κ3) is 2.71. The average Bonchev–Trinajstić information content (AvgIpc) is 2.67. The number of rotatable bonds is 4. The summed E-state index contributed by atoms with van der Waals surface area (Å²) < 4.78 is 0. The van der Waals surface area contributed by atoms with E-state index in [0.717, 1.165) is 25.8 Å². The van der Waals surface area contributed by atoms with Gasteiger partial charge in [-0.2, -0.15) is 0 Å². The summed E-state index contributed by atoms with van der Waals surface area (Å²) in [7, 11) is 0. The van der Waals surface area contributed by atoms with Crippen LogP contribution in [0.4, 0.5) is 0 Å². The van der Waals surface area contributed by atoms with Gasteiger partial charge in [-0.1, -0.05) is 20.8 Å². The van der Waals surface area contributed by atoms with E-state index in [1.807, 2.05) is 6.92 Å². The Morgan fingerprint density at radius 3 is 2.67 bits per heavy atom. The Balaban J connectivity index is 2.65. The first-order chi connectivity index (χ1) is 7.11. The monoisotopic (exact) mass is 212 g/mol. The van der Waals surface area contributed by atoms with Gasteiger partial charge in [0, 0.05) is 19.1 Å². The van der Waals surface area contributed by atoms with Crippen LogP contribution in [0.2, 0.25) is 0 Å². The number of carbonyl (C=O) groups excluding carboxylic acids is 1. The molecule has 1 saturated heterocycles. The van der Waals surface area contributed by atoms with Crippen molar-refractivity contribution in [2.75, 3.05) is 13.1 Å². The highest BCUT2D eigenvalue weighted by molar-refractivity contribution is 5.79. The maximum absolute atomic E-state index is 12.2. The molecule has 0 spiro atoms. The molecular formula is C12H24N2O. The molecule has 1 aliphatic heterocycles. The Morgan fingerprint density at radius 1 is 1.53 bits per heavy atom. The highest BCUT2D eigenvalue weighted by atomic mass is 16.2. The number of hydrogen-bond acceptors (Lipinski definition) is 2. The summed E-state index contributed by atoms with van der Waals surface area (Å²) in [5.74, 6) is 0.868. The Hall–Kier alpha value is -0.570. The highest BCUT2D eigenvalue weighted by Gasteiger charge is 2.33. The van der Waals surface area contributed by atoms with Crippen LogP contribution < -0.4 is 5.73 Å². The summed E-state index contributed by atoms with van der Waals surface area (Å²) in [6.45, 7) is 7.84. The topological polar surface area (TPSA) is 46.3 Å². The summed E-state index contributed by atoms with van der Waals surface area (Å²) in [6, 6.07) is 0.443. The van der Waals surface area contributed by atoms with Crippen LogP contribution in [-0.2, 0) is 4.79 Å². The molecule has 3 nitrogen and oxygen atoms in total. The zero-order valence-electron chi connectivity index (χ0n) is 10.2. The van der Waals surface area contributed by atoms with Gasteiger partial charge in [0.1, 0.15) is 0 Å². The fourth-order valence-electron chi connectivity index (χ4n) is 2.44. The van der Waals surface area contributed by atoms with E-state index in [9.17, 15) is 4.79 Å². The standard InChI is InChI=1S/C12H24N2O/c1-4-10(8-13)12(15)14-7-5-6-11(14)9(2)3/h9-11H,4-8,13H2,1-3H3. The molecule has 0 aliphatic carbocycles. The molecule has 2 unspecified atom stereocenters. The van der Waals surface area contributed by atoms with Gasteiger partial charge >= 0.3 is 0 Å². The zero-order chi connectivity index (χ0) is 11.4. The van der Waals surface area contributed by atoms with Crippen molar-refractivity contribution in [3.63, 3.8) is 0 Å². The second-order valence-corrected chi connectivity index (χ2v) is 4.83.